The molecule has 3 heteroatoms. The molecule has 0 saturated carbocycles. The molecule has 0 spiro atoms. The molecular formula is C21H24O3. The Bertz CT molecular complexity index is 669. The van der Waals surface area contributed by atoms with Gasteiger partial charge in [0, 0.05) is 23.1 Å². The van der Waals surface area contributed by atoms with Crippen molar-refractivity contribution in [3.63, 3.8) is 0 Å². The van der Waals surface area contributed by atoms with E-state index in [-0.39, 0.29) is 18.2 Å². The molecule has 2 rings (SSSR count). The number of aliphatic hydroxyl groups excluding tert-OH is 1. The third-order valence-corrected chi connectivity index (χ3v) is 4.13. The lowest BCUT2D eigenvalue weighted by molar-refractivity contribution is 0.0977. The zero-order chi connectivity index (χ0) is 17.4. The molecule has 0 saturated heterocycles. The highest BCUT2D eigenvalue weighted by Crippen LogP contribution is 2.14. The molecule has 0 radical (unpaired) electrons. The van der Waals surface area contributed by atoms with Gasteiger partial charge < -0.3 is 5.11 Å². The van der Waals surface area contributed by atoms with Crippen LogP contribution in [0.15, 0.2) is 48.5 Å². The second-order valence-electron chi connectivity index (χ2n) is 6.00. The van der Waals surface area contributed by atoms with Crippen LogP contribution in [0.25, 0.3) is 0 Å². The second kappa shape index (κ2) is 9.14. The summed E-state index contributed by atoms with van der Waals surface area (Å²) in [5.74, 6) is 0.0545. The molecule has 2 aromatic carbocycles. The number of aliphatic hydroxyl groups is 1. The van der Waals surface area contributed by atoms with Gasteiger partial charge in [-0.05, 0) is 12.0 Å². The number of hydrogen-bond acceptors (Lipinski definition) is 3. The number of benzene rings is 2. The number of ketones is 2. The second-order valence-corrected chi connectivity index (χ2v) is 6.00. The summed E-state index contributed by atoms with van der Waals surface area (Å²) in [6, 6.07) is 13.8. The van der Waals surface area contributed by atoms with Gasteiger partial charge in [0.2, 0.25) is 0 Å². The van der Waals surface area contributed by atoms with Crippen LogP contribution in [0.3, 0.4) is 0 Å². The lowest BCUT2D eigenvalue weighted by Gasteiger charge is -2.05. The van der Waals surface area contributed by atoms with Gasteiger partial charge in [-0.1, -0.05) is 74.7 Å². The van der Waals surface area contributed by atoms with Crippen LogP contribution in [-0.2, 0) is 6.61 Å². The summed E-state index contributed by atoms with van der Waals surface area (Å²) in [4.78, 5) is 24.5. The lowest BCUT2D eigenvalue weighted by Crippen LogP contribution is -2.04. The quantitative estimate of drug-likeness (QED) is 0.543. The monoisotopic (exact) mass is 324 g/mol. The highest BCUT2D eigenvalue weighted by atomic mass is 16.3. The van der Waals surface area contributed by atoms with Crippen molar-refractivity contribution in [1.29, 1.82) is 0 Å². The van der Waals surface area contributed by atoms with Crippen molar-refractivity contribution in [2.24, 2.45) is 0 Å². The Labute approximate surface area is 143 Å². The van der Waals surface area contributed by atoms with Crippen LogP contribution in [0.4, 0.5) is 0 Å². The van der Waals surface area contributed by atoms with Crippen molar-refractivity contribution in [3.8, 4) is 0 Å². The first-order valence-corrected chi connectivity index (χ1v) is 8.53. The molecule has 0 heterocycles. The minimum atomic E-state index is -0.0820. The molecule has 1 N–H and O–H groups in total. The summed E-state index contributed by atoms with van der Waals surface area (Å²) in [6.45, 7) is 2.11. The molecule has 0 aromatic heterocycles. The first-order valence-electron chi connectivity index (χ1n) is 8.53. The molecule has 0 atom stereocenters. The van der Waals surface area contributed by atoms with Crippen LogP contribution in [0.2, 0.25) is 0 Å². The van der Waals surface area contributed by atoms with E-state index in [0.717, 1.165) is 31.2 Å². The van der Waals surface area contributed by atoms with Crippen molar-refractivity contribution >= 4 is 11.6 Å². The van der Waals surface area contributed by atoms with E-state index in [2.05, 4.69) is 6.92 Å². The van der Waals surface area contributed by atoms with Gasteiger partial charge in [0.05, 0.1) is 6.61 Å². The van der Waals surface area contributed by atoms with Crippen LogP contribution < -0.4 is 0 Å². The molecular weight excluding hydrogens is 300 g/mol. The maximum Gasteiger partial charge on any atom is 0.193 e. The average Bonchev–Trinajstić information content (AvgIpc) is 2.64. The summed E-state index contributed by atoms with van der Waals surface area (Å²) < 4.78 is 0. The van der Waals surface area contributed by atoms with Gasteiger partial charge in [0.15, 0.2) is 11.6 Å². The first kappa shape index (κ1) is 18.1. The average molecular weight is 324 g/mol. The molecule has 0 bridgehead atoms. The fourth-order valence-corrected chi connectivity index (χ4v) is 2.59. The Kier molecular flexibility index (Phi) is 6.89. The maximum absolute atomic E-state index is 12.4. The molecule has 0 aliphatic carbocycles. The number of Topliss-reactive ketones (excluding diaryl/α,β-unsaturated/α-hetero) is 1. The van der Waals surface area contributed by atoms with Crippen molar-refractivity contribution < 1.29 is 14.7 Å². The van der Waals surface area contributed by atoms with E-state index < -0.39 is 0 Å². The summed E-state index contributed by atoms with van der Waals surface area (Å²) >= 11 is 0. The maximum atomic E-state index is 12.4. The van der Waals surface area contributed by atoms with Crippen molar-refractivity contribution in [2.75, 3.05) is 0 Å². The number of hydrogen-bond donors (Lipinski definition) is 1. The molecule has 0 aliphatic rings. The van der Waals surface area contributed by atoms with E-state index in [4.69, 9.17) is 5.11 Å². The minimum Gasteiger partial charge on any atom is -0.392 e. The normalized spacial score (nSPS) is 10.6. The van der Waals surface area contributed by atoms with E-state index in [1.54, 1.807) is 48.5 Å². The molecule has 0 unspecified atom stereocenters. The van der Waals surface area contributed by atoms with Crippen LogP contribution in [-0.4, -0.2) is 16.7 Å². The standard InChI is InChI=1S/C21H24O3/c1-2-3-4-5-6-20(23)17-11-13-19(14-12-17)21(24)18-9-7-16(15-22)8-10-18/h7-14,22H,2-6,15H2,1H3. The van der Waals surface area contributed by atoms with Crippen molar-refractivity contribution in [1.82, 2.24) is 0 Å². The zero-order valence-electron chi connectivity index (χ0n) is 14.1. The number of carbonyl (C=O) groups excluding carboxylic acids is 2. The van der Waals surface area contributed by atoms with Gasteiger partial charge in [-0.2, -0.15) is 0 Å². The van der Waals surface area contributed by atoms with E-state index >= 15 is 0 Å². The van der Waals surface area contributed by atoms with Crippen molar-refractivity contribution in [2.45, 2.75) is 45.6 Å². The Morgan fingerprint density at radius 1 is 0.792 bits per heavy atom. The predicted molar refractivity (Wildman–Crippen MR) is 95.3 cm³/mol. The number of unbranched alkanes of at least 4 members (excludes halogenated alkanes) is 3. The van der Waals surface area contributed by atoms with Gasteiger partial charge in [0.25, 0.3) is 0 Å². The summed E-state index contributed by atoms with van der Waals surface area (Å²) in [5, 5.41) is 9.04. The highest BCUT2D eigenvalue weighted by Gasteiger charge is 2.11. The molecule has 3 nitrogen and oxygen atoms in total. The van der Waals surface area contributed by atoms with E-state index in [1.807, 2.05) is 0 Å². The summed E-state index contributed by atoms with van der Waals surface area (Å²) in [7, 11) is 0. The number of carbonyl (C=O) groups is 2. The number of rotatable bonds is 9. The van der Waals surface area contributed by atoms with Gasteiger partial charge in [-0.3, -0.25) is 9.59 Å². The highest BCUT2D eigenvalue weighted by molar-refractivity contribution is 6.09. The third kappa shape index (κ3) is 4.87. The van der Waals surface area contributed by atoms with Crippen LogP contribution in [0, 0.1) is 0 Å². The van der Waals surface area contributed by atoms with Gasteiger partial charge in [0.1, 0.15) is 0 Å². The summed E-state index contributed by atoms with van der Waals surface area (Å²) in [6.07, 6.45) is 4.89. The molecule has 0 aliphatic heterocycles. The van der Waals surface area contributed by atoms with Crippen LogP contribution >= 0.6 is 0 Å². The SMILES string of the molecule is CCCCCCC(=O)c1ccc(C(=O)c2ccc(CO)cc2)cc1. The first-order chi connectivity index (χ1) is 11.7. The van der Waals surface area contributed by atoms with E-state index in [1.165, 1.54) is 0 Å². The third-order valence-electron chi connectivity index (χ3n) is 4.13. The van der Waals surface area contributed by atoms with E-state index in [9.17, 15) is 9.59 Å². The zero-order valence-corrected chi connectivity index (χ0v) is 14.1. The van der Waals surface area contributed by atoms with Crippen molar-refractivity contribution in [3.05, 3.63) is 70.8 Å². The molecule has 24 heavy (non-hydrogen) atoms. The van der Waals surface area contributed by atoms with E-state index in [0.29, 0.717) is 23.1 Å². The Hall–Kier alpha value is -2.26. The fraction of sp³-hybridized carbons (Fsp3) is 0.333. The molecule has 126 valence electrons. The fourth-order valence-electron chi connectivity index (χ4n) is 2.59. The lowest BCUT2D eigenvalue weighted by atomic mass is 9.98. The van der Waals surface area contributed by atoms with Gasteiger partial charge in [-0.15, -0.1) is 0 Å². The molecule has 0 fully saturated rings. The topological polar surface area (TPSA) is 54.4 Å². The Morgan fingerprint density at radius 3 is 1.88 bits per heavy atom. The molecule has 2 aromatic rings. The predicted octanol–water partition coefficient (Wildman–Crippen LogP) is 4.56. The van der Waals surface area contributed by atoms with Crippen LogP contribution in [0.1, 0.15) is 70.9 Å². The minimum absolute atomic E-state index is 0.0382. The van der Waals surface area contributed by atoms with Gasteiger partial charge in [-0.25, -0.2) is 0 Å². The Balaban J connectivity index is 1.99. The largest absolute Gasteiger partial charge is 0.392 e. The summed E-state index contributed by atoms with van der Waals surface area (Å²) in [5.41, 5.74) is 2.58. The Morgan fingerprint density at radius 2 is 1.33 bits per heavy atom. The smallest absolute Gasteiger partial charge is 0.193 e. The van der Waals surface area contributed by atoms with Crippen LogP contribution in [0.5, 0.6) is 0 Å². The van der Waals surface area contributed by atoms with Gasteiger partial charge >= 0.3 is 0 Å². The molecule has 0 amide bonds.